The van der Waals surface area contributed by atoms with Crippen molar-refractivity contribution in [2.24, 2.45) is 0 Å². The Morgan fingerprint density at radius 1 is 1.19 bits per heavy atom. The first-order valence-electron chi connectivity index (χ1n) is 8.93. The Hall–Kier alpha value is -2.18. The number of hydrogen-bond acceptors (Lipinski definition) is 5. The van der Waals surface area contributed by atoms with E-state index >= 15 is 0 Å². The third-order valence-corrected chi connectivity index (χ3v) is 5.92. The number of aromatic nitrogens is 4. The maximum atomic E-state index is 12.4. The lowest BCUT2D eigenvalue weighted by molar-refractivity contribution is 0.102. The number of halogens is 1. The lowest BCUT2D eigenvalue weighted by Gasteiger charge is -2.13. The van der Waals surface area contributed by atoms with Crippen molar-refractivity contribution < 1.29 is 4.79 Å². The molecule has 138 valence electrons. The fraction of sp³-hybridized carbons (Fsp3) is 0.300. The summed E-state index contributed by atoms with van der Waals surface area (Å²) in [6, 6.07) is 8.85. The Labute approximate surface area is 167 Å². The molecule has 0 bridgehead atoms. The van der Waals surface area contributed by atoms with Crippen LogP contribution in [-0.4, -0.2) is 31.3 Å². The van der Waals surface area contributed by atoms with Crippen molar-refractivity contribution >= 4 is 29.1 Å². The highest BCUT2D eigenvalue weighted by atomic mass is 35.5. The van der Waals surface area contributed by atoms with Crippen LogP contribution in [0, 0.1) is 6.92 Å². The summed E-state index contributed by atoms with van der Waals surface area (Å²) >= 11 is 7.28. The fourth-order valence-electron chi connectivity index (χ4n) is 3.36. The topological polar surface area (TPSA) is 60.7 Å². The lowest BCUT2D eigenvalue weighted by atomic mass is 9.96. The Morgan fingerprint density at radius 3 is 2.78 bits per heavy atom. The van der Waals surface area contributed by atoms with E-state index in [9.17, 15) is 4.79 Å². The summed E-state index contributed by atoms with van der Waals surface area (Å²) in [6.07, 6.45) is 6.05. The molecule has 0 amide bonds. The molecule has 0 radical (unpaired) electrons. The zero-order valence-corrected chi connectivity index (χ0v) is 16.6. The average molecular weight is 399 g/mol. The molecule has 1 aliphatic rings. The van der Waals surface area contributed by atoms with E-state index < -0.39 is 0 Å². The minimum absolute atomic E-state index is 0.0455. The Morgan fingerprint density at radius 2 is 1.96 bits per heavy atom. The highest BCUT2D eigenvalue weighted by Crippen LogP contribution is 2.27. The monoisotopic (exact) mass is 398 g/mol. The van der Waals surface area contributed by atoms with Gasteiger partial charge in [0.05, 0.1) is 11.4 Å². The molecule has 2 aromatic heterocycles. The standard InChI is InChI=1S/C20H19ClN4OS/c1-13-16-4-2-3-5-17(16)25(24-13)19-10-20(23-12-22-19)27-11-18(26)14-6-8-15(21)9-7-14/h6-10,12H,2-5,11H2,1H3. The number of ketones is 1. The van der Waals surface area contributed by atoms with Crippen LogP contribution in [0.1, 0.15) is 40.2 Å². The molecular formula is C20H19ClN4OS. The Balaban J connectivity index is 1.52. The molecule has 7 heteroatoms. The average Bonchev–Trinajstić information content (AvgIpc) is 3.04. The van der Waals surface area contributed by atoms with E-state index in [2.05, 4.69) is 16.9 Å². The summed E-state index contributed by atoms with van der Waals surface area (Å²) in [5, 5.41) is 6.08. The Bertz CT molecular complexity index is 984. The highest BCUT2D eigenvalue weighted by Gasteiger charge is 2.20. The van der Waals surface area contributed by atoms with Gasteiger partial charge in [-0.2, -0.15) is 5.10 Å². The summed E-state index contributed by atoms with van der Waals surface area (Å²) in [6.45, 7) is 2.06. The molecule has 0 fully saturated rings. The molecule has 1 aromatic carbocycles. The van der Waals surface area contributed by atoms with Crippen LogP contribution in [0.15, 0.2) is 41.7 Å². The summed E-state index contributed by atoms with van der Waals surface area (Å²) < 4.78 is 1.94. The molecule has 1 aliphatic carbocycles. The number of thioether (sulfide) groups is 1. The molecule has 0 aliphatic heterocycles. The number of fused-ring (bicyclic) bond motifs is 1. The number of hydrogen-bond donors (Lipinski definition) is 0. The highest BCUT2D eigenvalue weighted by molar-refractivity contribution is 7.99. The van der Waals surface area contributed by atoms with Crippen molar-refractivity contribution in [2.75, 3.05) is 5.75 Å². The van der Waals surface area contributed by atoms with Gasteiger partial charge in [0.25, 0.3) is 0 Å². The van der Waals surface area contributed by atoms with Crippen molar-refractivity contribution in [3.63, 3.8) is 0 Å². The molecule has 0 unspecified atom stereocenters. The summed E-state index contributed by atoms with van der Waals surface area (Å²) in [7, 11) is 0. The predicted molar refractivity (Wildman–Crippen MR) is 107 cm³/mol. The van der Waals surface area contributed by atoms with Gasteiger partial charge in [0, 0.05) is 22.3 Å². The van der Waals surface area contributed by atoms with Crippen LogP contribution >= 0.6 is 23.4 Å². The predicted octanol–water partition coefficient (Wildman–Crippen LogP) is 4.48. The Kier molecular flexibility index (Phi) is 5.27. The smallest absolute Gasteiger partial charge is 0.173 e. The molecule has 27 heavy (non-hydrogen) atoms. The van der Waals surface area contributed by atoms with Gasteiger partial charge in [-0.1, -0.05) is 23.4 Å². The van der Waals surface area contributed by atoms with Crippen LogP contribution in [0.2, 0.25) is 5.02 Å². The molecule has 2 heterocycles. The van der Waals surface area contributed by atoms with Crippen molar-refractivity contribution in [1.29, 1.82) is 0 Å². The largest absolute Gasteiger partial charge is 0.293 e. The van der Waals surface area contributed by atoms with Crippen LogP contribution < -0.4 is 0 Å². The molecule has 0 atom stereocenters. The SMILES string of the molecule is Cc1nn(-c2cc(SCC(=O)c3ccc(Cl)cc3)ncn2)c2c1CCCC2. The van der Waals surface area contributed by atoms with E-state index in [1.807, 2.05) is 10.7 Å². The second-order valence-electron chi connectivity index (χ2n) is 6.56. The zero-order valence-electron chi connectivity index (χ0n) is 15.0. The molecule has 0 saturated carbocycles. The zero-order chi connectivity index (χ0) is 18.8. The summed E-state index contributed by atoms with van der Waals surface area (Å²) in [5.41, 5.74) is 4.34. The van der Waals surface area contributed by atoms with Crippen molar-refractivity contribution in [3.05, 3.63) is 64.2 Å². The van der Waals surface area contributed by atoms with E-state index in [0.29, 0.717) is 16.3 Å². The van der Waals surface area contributed by atoms with Gasteiger partial charge in [0.2, 0.25) is 0 Å². The number of carbonyl (C=O) groups excluding carboxylic acids is 1. The first kappa shape index (κ1) is 18.2. The minimum Gasteiger partial charge on any atom is -0.293 e. The van der Waals surface area contributed by atoms with Crippen LogP contribution in [-0.2, 0) is 12.8 Å². The molecule has 0 saturated heterocycles. The summed E-state index contributed by atoms with van der Waals surface area (Å²) in [4.78, 5) is 21.1. The maximum Gasteiger partial charge on any atom is 0.173 e. The van der Waals surface area contributed by atoms with Gasteiger partial charge in [0.1, 0.15) is 11.4 Å². The minimum atomic E-state index is 0.0455. The van der Waals surface area contributed by atoms with Gasteiger partial charge in [0.15, 0.2) is 11.6 Å². The van der Waals surface area contributed by atoms with E-state index in [-0.39, 0.29) is 5.78 Å². The van der Waals surface area contributed by atoms with E-state index in [0.717, 1.165) is 29.4 Å². The van der Waals surface area contributed by atoms with Gasteiger partial charge in [-0.25, -0.2) is 14.6 Å². The van der Waals surface area contributed by atoms with Crippen LogP contribution in [0.5, 0.6) is 0 Å². The van der Waals surface area contributed by atoms with Gasteiger partial charge in [-0.15, -0.1) is 0 Å². The number of nitrogens with zero attached hydrogens (tertiary/aromatic N) is 4. The van der Waals surface area contributed by atoms with Gasteiger partial charge in [-0.3, -0.25) is 4.79 Å². The second-order valence-corrected chi connectivity index (χ2v) is 7.99. The summed E-state index contributed by atoms with van der Waals surface area (Å²) in [5.74, 6) is 1.12. The number of carbonyl (C=O) groups is 1. The van der Waals surface area contributed by atoms with E-state index in [1.165, 1.54) is 42.2 Å². The van der Waals surface area contributed by atoms with E-state index in [1.54, 1.807) is 24.3 Å². The van der Waals surface area contributed by atoms with Gasteiger partial charge >= 0.3 is 0 Å². The molecule has 4 rings (SSSR count). The number of Topliss-reactive ketones (excluding diaryl/α,β-unsaturated/α-hetero) is 1. The van der Waals surface area contributed by atoms with E-state index in [4.69, 9.17) is 16.7 Å². The molecule has 3 aromatic rings. The van der Waals surface area contributed by atoms with Crippen LogP contribution in [0.4, 0.5) is 0 Å². The first-order valence-corrected chi connectivity index (χ1v) is 10.3. The van der Waals surface area contributed by atoms with Crippen LogP contribution in [0.3, 0.4) is 0 Å². The van der Waals surface area contributed by atoms with Crippen molar-refractivity contribution in [3.8, 4) is 5.82 Å². The fourth-order valence-corrected chi connectivity index (χ4v) is 4.24. The quantitative estimate of drug-likeness (QED) is 0.360. The molecular weight excluding hydrogens is 380 g/mol. The van der Waals surface area contributed by atoms with Crippen molar-refractivity contribution in [1.82, 2.24) is 19.7 Å². The number of benzene rings is 1. The van der Waals surface area contributed by atoms with Gasteiger partial charge < -0.3 is 0 Å². The maximum absolute atomic E-state index is 12.4. The van der Waals surface area contributed by atoms with Crippen molar-refractivity contribution in [2.45, 2.75) is 37.6 Å². The lowest BCUT2D eigenvalue weighted by Crippen LogP contribution is -2.09. The molecule has 0 spiro atoms. The van der Waals surface area contributed by atoms with Gasteiger partial charge in [-0.05, 0) is 62.4 Å². The first-order chi connectivity index (χ1) is 13.1. The molecule has 0 N–H and O–H groups in total. The third kappa shape index (κ3) is 3.92. The number of aryl methyl sites for hydroxylation is 1. The third-order valence-electron chi connectivity index (χ3n) is 4.74. The molecule has 5 nitrogen and oxygen atoms in total. The number of rotatable bonds is 5. The van der Waals surface area contributed by atoms with Crippen LogP contribution in [0.25, 0.3) is 5.82 Å². The second kappa shape index (κ2) is 7.82. The normalized spacial score (nSPS) is 13.4.